The number of anilines is 2. The molecule has 2 aromatic heterocycles. The predicted octanol–water partition coefficient (Wildman–Crippen LogP) is 4.94. The van der Waals surface area contributed by atoms with Gasteiger partial charge in [-0.05, 0) is 74.6 Å². The molecule has 1 aliphatic rings. The van der Waals surface area contributed by atoms with Crippen LogP contribution in [-0.4, -0.2) is 53.3 Å². The van der Waals surface area contributed by atoms with Crippen LogP contribution in [0.1, 0.15) is 43.6 Å². The molecule has 7 nitrogen and oxygen atoms in total. The van der Waals surface area contributed by atoms with Crippen molar-refractivity contribution in [2.24, 2.45) is 0 Å². The summed E-state index contributed by atoms with van der Waals surface area (Å²) in [5.41, 5.74) is 4.30. The Labute approximate surface area is 221 Å². The smallest absolute Gasteiger partial charge is 0.259 e. The first-order chi connectivity index (χ1) is 18.3. The van der Waals surface area contributed by atoms with E-state index in [1.165, 1.54) is 23.2 Å². The maximum Gasteiger partial charge on any atom is 0.259 e. The van der Waals surface area contributed by atoms with Crippen LogP contribution in [0.15, 0.2) is 79.1 Å². The van der Waals surface area contributed by atoms with Crippen LogP contribution < -0.4 is 10.2 Å². The number of likely N-dealkylation sites (N-methyl/N-ethyl adjacent to an activating group) is 1. The summed E-state index contributed by atoms with van der Waals surface area (Å²) in [6.45, 7) is 3.40. The number of pyridine rings is 1. The van der Waals surface area contributed by atoms with Crippen LogP contribution in [0.4, 0.5) is 15.9 Å². The molecule has 194 valence electrons. The highest BCUT2D eigenvalue weighted by Crippen LogP contribution is 2.31. The molecule has 0 bridgehead atoms. The number of ketones is 1. The molecule has 0 radical (unpaired) electrons. The fourth-order valence-electron chi connectivity index (χ4n) is 4.69. The molecule has 5 rings (SSSR count). The van der Waals surface area contributed by atoms with E-state index in [1.807, 2.05) is 55.5 Å². The van der Waals surface area contributed by atoms with Gasteiger partial charge in [-0.25, -0.2) is 9.37 Å². The van der Waals surface area contributed by atoms with Crippen molar-refractivity contribution in [2.45, 2.75) is 19.5 Å². The Morgan fingerprint density at radius 1 is 1.05 bits per heavy atom. The quantitative estimate of drug-likeness (QED) is 0.356. The third-order valence-corrected chi connectivity index (χ3v) is 6.84. The van der Waals surface area contributed by atoms with Gasteiger partial charge in [0.25, 0.3) is 5.91 Å². The molecular weight excluding hydrogens is 481 g/mol. The van der Waals surface area contributed by atoms with Gasteiger partial charge < -0.3 is 14.8 Å². The van der Waals surface area contributed by atoms with Gasteiger partial charge in [0.05, 0.1) is 0 Å². The van der Waals surface area contributed by atoms with Crippen LogP contribution in [0.3, 0.4) is 0 Å². The summed E-state index contributed by atoms with van der Waals surface area (Å²) in [6, 6.07) is 18.8. The lowest BCUT2D eigenvalue weighted by atomic mass is 10.0. The van der Waals surface area contributed by atoms with Gasteiger partial charge in [-0.3, -0.25) is 14.5 Å². The number of nitrogens with zero attached hydrogens (tertiary/aromatic N) is 4. The molecule has 2 aromatic carbocycles. The Balaban J connectivity index is 1.44. The van der Waals surface area contributed by atoms with Crippen LogP contribution in [0.5, 0.6) is 0 Å². The van der Waals surface area contributed by atoms with E-state index in [4.69, 9.17) is 0 Å². The fraction of sp³-hybridized carbons (Fsp3) is 0.233. The number of rotatable bonds is 7. The number of halogens is 1. The van der Waals surface area contributed by atoms with Gasteiger partial charge in [-0.15, -0.1) is 0 Å². The number of para-hydroxylation sites is 1. The summed E-state index contributed by atoms with van der Waals surface area (Å²) in [5, 5.41) is 3.42. The Kier molecular flexibility index (Phi) is 7.07. The largest absolute Gasteiger partial charge is 0.370 e. The van der Waals surface area contributed by atoms with E-state index >= 15 is 0 Å². The zero-order valence-electron chi connectivity index (χ0n) is 21.7. The number of carbonyl (C=O) groups excluding carboxylic acids is 2. The second-order valence-corrected chi connectivity index (χ2v) is 9.78. The van der Waals surface area contributed by atoms with Crippen LogP contribution >= 0.6 is 0 Å². The molecule has 3 heterocycles. The van der Waals surface area contributed by atoms with Crippen molar-refractivity contribution in [2.75, 3.05) is 37.4 Å². The number of carbonyl (C=O) groups is 2. The number of aromatic nitrogens is 2. The first kappa shape index (κ1) is 25.4. The summed E-state index contributed by atoms with van der Waals surface area (Å²) < 4.78 is 16.0. The van der Waals surface area contributed by atoms with Gasteiger partial charge >= 0.3 is 0 Å². The minimum atomic E-state index is -0.581. The van der Waals surface area contributed by atoms with Crippen molar-refractivity contribution >= 4 is 23.2 Å². The SMILES string of the molecule is Cc1ccc(F)cc1C(=O)N(CCN(C)C)c1ccc(C(=O)C2Nc3ccccc3Cn3cccc32)cn1. The van der Waals surface area contributed by atoms with Crippen LogP contribution in [0, 0.1) is 12.7 Å². The van der Waals surface area contributed by atoms with E-state index in [-0.39, 0.29) is 17.3 Å². The van der Waals surface area contributed by atoms with Gasteiger partial charge in [0.2, 0.25) is 0 Å². The van der Waals surface area contributed by atoms with Gasteiger partial charge in [0, 0.05) is 54.5 Å². The average molecular weight is 512 g/mol. The maximum atomic E-state index is 14.0. The van der Waals surface area contributed by atoms with Crippen molar-refractivity contribution in [1.29, 1.82) is 0 Å². The second kappa shape index (κ2) is 10.6. The number of nitrogens with one attached hydrogen (secondary N) is 1. The lowest BCUT2D eigenvalue weighted by Crippen LogP contribution is -2.37. The van der Waals surface area contributed by atoms with E-state index in [0.717, 1.165) is 16.9 Å². The third-order valence-electron chi connectivity index (χ3n) is 6.84. The summed E-state index contributed by atoms with van der Waals surface area (Å²) in [6.07, 6.45) is 3.49. The molecule has 1 amide bonds. The van der Waals surface area contributed by atoms with Gasteiger partial charge in [0.1, 0.15) is 17.7 Å². The van der Waals surface area contributed by atoms with Crippen molar-refractivity contribution in [3.63, 3.8) is 0 Å². The van der Waals surface area contributed by atoms with Crippen molar-refractivity contribution in [3.05, 3.63) is 113 Å². The first-order valence-corrected chi connectivity index (χ1v) is 12.5. The summed E-state index contributed by atoms with van der Waals surface area (Å²) in [4.78, 5) is 35.2. The Morgan fingerprint density at radius 2 is 1.87 bits per heavy atom. The monoisotopic (exact) mass is 511 g/mol. The number of hydrogen-bond acceptors (Lipinski definition) is 5. The molecule has 1 N–H and O–H groups in total. The topological polar surface area (TPSA) is 70.5 Å². The minimum Gasteiger partial charge on any atom is -0.370 e. The molecule has 38 heavy (non-hydrogen) atoms. The molecule has 1 atom stereocenters. The number of hydrogen-bond donors (Lipinski definition) is 1. The zero-order chi connectivity index (χ0) is 26.8. The standard InChI is InChI=1S/C30H30FN5O2/c1-20-10-12-23(31)17-24(20)30(38)36(16-15-34(2)3)27-13-11-21(18-32-27)29(37)28-26-9-6-14-35(26)19-22-7-4-5-8-25(22)33-28/h4-14,17-18,28,33H,15-16,19H2,1-3H3. The predicted molar refractivity (Wildman–Crippen MR) is 146 cm³/mol. The van der Waals surface area contributed by atoms with E-state index in [0.29, 0.717) is 36.6 Å². The Morgan fingerprint density at radius 3 is 2.63 bits per heavy atom. The van der Waals surface area contributed by atoms with Crippen LogP contribution in [-0.2, 0) is 6.54 Å². The van der Waals surface area contributed by atoms with Crippen LogP contribution in [0.25, 0.3) is 0 Å². The van der Waals surface area contributed by atoms with E-state index in [1.54, 1.807) is 25.1 Å². The van der Waals surface area contributed by atoms with E-state index in [2.05, 4.69) is 20.9 Å². The highest BCUT2D eigenvalue weighted by Gasteiger charge is 2.29. The molecule has 0 fully saturated rings. The highest BCUT2D eigenvalue weighted by atomic mass is 19.1. The molecule has 0 spiro atoms. The number of aryl methyl sites for hydroxylation is 1. The molecule has 1 aliphatic heterocycles. The third kappa shape index (κ3) is 5.08. The molecule has 4 aromatic rings. The molecule has 0 saturated carbocycles. The Bertz CT molecular complexity index is 1480. The summed E-state index contributed by atoms with van der Waals surface area (Å²) in [7, 11) is 3.83. The molecule has 1 unspecified atom stereocenters. The number of fused-ring (bicyclic) bond motifs is 2. The number of Topliss-reactive ketones (excluding diaryl/α,β-unsaturated/α-hetero) is 1. The zero-order valence-corrected chi connectivity index (χ0v) is 21.7. The summed E-state index contributed by atoms with van der Waals surface area (Å²) in [5.74, 6) is -0.523. The molecular formula is C30H30FN5O2. The first-order valence-electron chi connectivity index (χ1n) is 12.5. The second-order valence-electron chi connectivity index (χ2n) is 9.78. The van der Waals surface area contributed by atoms with Crippen molar-refractivity contribution < 1.29 is 14.0 Å². The minimum absolute atomic E-state index is 0.118. The average Bonchev–Trinajstić information content (AvgIpc) is 3.30. The van der Waals surface area contributed by atoms with E-state index in [9.17, 15) is 14.0 Å². The normalized spacial score (nSPS) is 14.3. The molecule has 0 aliphatic carbocycles. The fourth-order valence-corrected chi connectivity index (χ4v) is 4.69. The summed E-state index contributed by atoms with van der Waals surface area (Å²) >= 11 is 0. The van der Waals surface area contributed by atoms with Crippen molar-refractivity contribution in [1.82, 2.24) is 14.5 Å². The highest BCUT2D eigenvalue weighted by molar-refractivity contribution is 6.07. The maximum absolute atomic E-state index is 14.0. The van der Waals surface area contributed by atoms with E-state index < -0.39 is 11.9 Å². The lowest BCUT2D eigenvalue weighted by molar-refractivity contribution is 0.0965. The van der Waals surface area contributed by atoms with Gasteiger partial charge in [0.15, 0.2) is 5.78 Å². The van der Waals surface area contributed by atoms with Gasteiger partial charge in [-0.1, -0.05) is 24.3 Å². The Hall–Kier alpha value is -4.30. The van der Waals surface area contributed by atoms with Gasteiger partial charge in [-0.2, -0.15) is 0 Å². The van der Waals surface area contributed by atoms with Crippen LogP contribution in [0.2, 0.25) is 0 Å². The van der Waals surface area contributed by atoms with Crippen molar-refractivity contribution in [3.8, 4) is 0 Å². The number of benzene rings is 2. The molecule has 0 saturated heterocycles. The lowest BCUT2D eigenvalue weighted by Gasteiger charge is -2.25. The molecule has 8 heteroatoms. The number of amides is 1.